The van der Waals surface area contributed by atoms with Crippen LogP contribution >= 0.6 is 0 Å². The van der Waals surface area contributed by atoms with Crippen molar-refractivity contribution in [3.8, 4) is 0 Å². The quantitative estimate of drug-likeness (QED) is 0.601. The molecule has 0 bridgehead atoms. The number of urea groups is 2. The van der Waals surface area contributed by atoms with Crippen molar-refractivity contribution in [3.63, 3.8) is 0 Å². The van der Waals surface area contributed by atoms with Crippen LogP contribution in [0.3, 0.4) is 0 Å². The van der Waals surface area contributed by atoms with Crippen LogP contribution in [0.25, 0.3) is 0 Å². The molecule has 0 aliphatic rings. The van der Waals surface area contributed by atoms with Gasteiger partial charge in [-0.2, -0.15) is 0 Å². The van der Waals surface area contributed by atoms with Gasteiger partial charge in [0.2, 0.25) is 0 Å². The number of rotatable bonds is 10. The first-order valence-electron chi connectivity index (χ1n) is 8.62. The normalized spacial score (nSPS) is 9.67. The maximum atomic E-state index is 12.5. The summed E-state index contributed by atoms with van der Waals surface area (Å²) in [7, 11) is 0. The van der Waals surface area contributed by atoms with Crippen molar-refractivity contribution in [2.45, 2.75) is 6.92 Å². The number of benzene rings is 1. The molecule has 4 amide bonds. The van der Waals surface area contributed by atoms with Crippen LogP contribution in [0.15, 0.2) is 68.8 Å². The van der Waals surface area contributed by atoms with E-state index in [1.807, 2.05) is 13.0 Å². The highest BCUT2D eigenvalue weighted by atomic mass is 16.2. The molecule has 0 aromatic heterocycles. The maximum Gasteiger partial charge on any atom is 0.322 e. The summed E-state index contributed by atoms with van der Waals surface area (Å²) < 4.78 is 0. The SMILES string of the molecule is C=CCN(CC=C)C(=O)Nc1ccc(C)c(NC(=O)N(CC=C)CC=C)c1. The number of aryl methyl sites for hydroxylation is 1. The van der Waals surface area contributed by atoms with Crippen molar-refractivity contribution in [1.29, 1.82) is 0 Å². The Morgan fingerprint density at radius 2 is 1.30 bits per heavy atom. The zero-order chi connectivity index (χ0) is 20.2. The Labute approximate surface area is 161 Å². The van der Waals surface area contributed by atoms with Gasteiger partial charge >= 0.3 is 12.1 Å². The summed E-state index contributed by atoms with van der Waals surface area (Å²) in [5.74, 6) is 0. The van der Waals surface area contributed by atoms with E-state index in [0.717, 1.165) is 5.56 Å². The predicted molar refractivity (Wildman–Crippen MR) is 113 cm³/mol. The Balaban J connectivity index is 2.92. The van der Waals surface area contributed by atoms with Crippen molar-refractivity contribution in [2.24, 2.45) is 0 Å². The van der Waals surface area contributed by atoms with E-state index < -0.39 is 0 Å². The zero-order valence-electron chi connectivity index (χ0n) is 15.9. The average Bonchev–Trinajstić information content (AvgIpc) is 2.64. The molecule has 0 saturated heterocycles. The third-order valence-electron chi connectivity index (χ3n) is 3.70. The Morgan fingerprint density at radius 1 is 0.852 bits per heavy atom. The van der Waals surface area contributed by atoms with Crippen LogP contribution in [-0.2, 0) is 0 Å². The van der Waals surface area contributed by atoms with Crippen LogP contribution in [0, 0.1) is 6.92 Å². The Kier molecular flexibility index (Phi) is 9.15. The van der Waals surface area contributed by atoms with Gasteiger partial charge < -0.3 is 20.4 Å². The fourth-order valence-electron chi connectivity index (χ4n) is 2.34. The van der Waals surface area contributed by atoms with Crippen molar-refractivity contribution in [3.05, 3.63) is 74.4 Å². The molecule has 1 aromatic carbocycles. The molecule has 0 atom stereocenters. The molecule has 0 spiro atoms. The van der Waals surface area contributed by atoms with Crippen LogP contribution in [0.5, 0.6) is 0 Å². The van der Waals surface area contributed by atoms with E-state index >= 15 is 0 Å². The minimum absolute atomic E-state index is 0.263. The molecule has 1 rings (SSSR count). The second-order valence-corrected chi connectivity index (χ2v) is 5.85. The summed E-state index contributed by atoms with van der Waals surface area (Å²) in [6.07, 6.45) is 6.61. The maximum absolute atomic E-state index is 12.5. The highest BCUT2D eigenvalue weighted by Crippen LogP contribution is 2.21. The lowest BCUT2D eigenvalue weighted by Crippen LogP contribution is -2.36. The second-order valence-electron chi connectivity index (χ2n) is 5.85. The summed E-state index contributed by atoms with van der Waals surface area (Å²) in [5.41, 5.74) is 2.08. The summed E-state index contributed by atoms with van der Waals surface area (Å²) >= 11 is 0. The van der Waals surface area contributed by atoms with Gasteiger partial charge in [-0.25, -0.2) is 9.59 Å². The minimum Gasteiger partial charge on any atom is -0.317 e. The van der Waals surface area contributed by atoms with Gasteiger partial charge in [-0.1, -0.05) is 30.4 Å². The van der Waals surface area contributed by atoms with E-state index in [4.69, 9.17) is 0 Å². The van der Waals surface area contributed by atoms with Gasteiger partial charge in [-0.3, -0.25) is 0 Å². The van der Waals surface area contributed by atoms with Crippen LogP contribution in [-0.4, -0.2) is 48.0 Å². The highest BCUT2D eigenvalue weighted by molar-refractivity contribution is 5.93. The molecule has 2 N–H and O–H groups in total. The molecular formula is C21H28N4O2. The Hall–Kier alpha value is -3.28. The first kappa shape index (κ1) is 21.8. The number of carbonyl (C=O) groups is 2. The lowest BCUT2D eigenvalue weighted by atomic mass is 10.2. The predicted octanol–water partition coefficient (Wildman–Crippen LogP) is 4.41. The Bertz CT molecular complexity index is 692. The zero-order valence-corrected chi connectivity index (χ0v) is 15.9. The lowest BCUT2D eigenvalue weighted by Gasteiger charge is -2.22. The first-order valence-corrected chi connectivity index (χ1v) is 8.62. The number of amides is 4. The van der Waals surface area contributed by atoms with Gasteiger partial charge in [0, 0.05) is 37.6 Å². The fourth-order valence-corrected chi connectivity index (χ4v) is 2.34. The standard InChI is InChI=1S/C21H28N4O2/c1-6-12-24(13-7-2)20(26)22-18-11-10-17(5)19(16-18)23-21(27)25(14-8-3)15-9-4/h6-11,16H,1-4,12-15H2,5H3,(H,22,26)(H,23,27). The summed E-state index contributed by atoms with van der Waals surface area (Å²) in [4.78, 5) is 28.0. The molecule has 27 heavy (non-hydrogen) atoms. The molecule has 0 aliphatic heterocycles. The molecule has 1 aromatic rings. The van der Waals surface area contributed by atoms with Gasteiger partial charge in [0.1, 0.15) is 0 Å². The molecule has 6 heteroatoms. The van der Waals surface area contributed by atoms with Crippen LogP contribution < -0.4 is 10.6 Å². The number of hydrogen-bond acceptors (Lipinski definition) is 2. The molecular weight excluding hydrogens is 340 g/mol. The van der Waals surface area contributed by atoms with Crippen molar-refractivity contribution < 1.29 is 9.59 Å². The Morgan fingerprint density at radius 3 is 1.74 bits per heavy atom. The van der Waals surface area contributed by atoms with Crippen molar-refractivity contribution >= 4 is 23.4 Å². The second kappa shape index (κ2) is 11.4. The van der Waals surface area contributed by atoms with Gasteiger partial charge in [0.25, 0.3) is 0 Å². The van der Waals surface area contributed by atoms with E-state index in [9.17, 15) is 9.59 Å². The van der Waals surface area contributed by atoms with Gasteiger partial charge in [-0.05, 0) is 24.6 Å². The van der Waals surface area contributed by atoms with Crippen LogP contribution in [0.4, 0.5) is 21.0 Å². The highest BCUT2D eigenvalue weighted by Gasteiger charge is 2.14. The van der Waals surface area contributed by atoms with Gasteiger partial charge in [0.15, 0.2) is 0 Å². The number of carbonyl (C=O) groups excluding carboxylic acids is 2. The third-order valence-corrected chi connectivity index (χ3v) is 3.70. The largest absolute Gasteiger partial charge is 0.322 e. The third kappa shape index (κ3) is 6.86. The topological polar surface area (TPSA) is 64.7 Å². The molecule has 6 nitrogen and oxygen atoms in total. The summed E-state index contributed by atoms with van der Waals surface area (Å²) in [5, 5.41) is 5.69. The lowest BCUT2D eigenvalue weighted by molar-refractivity contribution is 0.221. The van der Waals surface area contributed by atoms with Crippen molar-refractivity contribution in [2.75, 3.05) is 36.8 Å². The smallest absolute Gasteiger partial charge is 0.317 e. The number of hydrogen-bond donors (Lipinski definition) is 2. The molecule has 0 unspecified atom stereocenters. The molecule has 144 valence electrons. The van der Waals surface area contributed by atoms with Crippen LogP contribution in [0.2, 0.25) is 0 Å². The fraction of sp³-hybridized carbons (Fsp3) is 0.238. The molecule has 0 aliphatic carbocycles. The number of nitrogens with zero attached hydrogens (tertiary/aromatic N) is 2. The van der Waals surface area contributed by atoms with E-state index in [-0.39, 0.29) is 12.1 Å². The number of anilines is 2. The molecule has 0 heterocycles. The first-order chi connectivity index (χ1) is 13.0. The molecule has 0 radical (unpaired) electrons. The average molecular weight is 368 g/mol. The minimum atomic E-state index is -0.268. The van der Waals surface area contributed by atoms with E-state index in [2.05, 4.69) is 36.9 Å². The monoisotopic (exact) mass is 368 g/mol. The summed E-state index contributed by atoms with van der Waals surface area (Å²) in [6.45, 7) is 18.1. The summed E-state index contributed by atoms with van der Waals surface area (Å²) in [6, 6.07) is 4.82. The van der Waals surface area contributed by atoms with Crippen LogP contribution in [0.1, 0.15) is 5.56 Å². The van der Waals surface area contributed by atoms with E-state index in [0.29, 0.717) is 37.6 Å². The van der Waals surface area contributed by atoms with E-state index in [1.165, 1.54) is 0 Å². The van der Waals surface area contributed by atoms with Crippen molar-refractivity contribution in [1.82, 2.24) is 9.80 Å². The molecule has 0 saturated carbocycles. The van der Waals surface area contributed by atoms with E-state index in [1.54, 1.807) is 46.2 Å². The number of nitrogens with one attached hydrogen (secondary N) is 2. The van der Waals surface area contributed by atoms with Gasteiger partial charge in [-0.15, -0.1) is 26.3 Å². The van der Waals surface area contributed by atoms with Gasteiger partial charge in [0.05, 0.1) is 0 Å². The molecule has 0 fully saturated rings.